The van der Waals surface area contributed by atoms with Crippen molar-refractivity contribution in [1.82, 2.24) is 0 Å². The number of carboxylic acid groups (broad SMARTS) is 2. The predicted molar refractivity (Wildman–Crippen MR) is 50.3 cm³/mol. The Hall–Kier alpha value is -1.40. The van der Waals surface area contributed by atoms with E-state index in [4.69, 9.17) is 20.4 Å². The third kappa shape index (κ3) is 4.57. The Morgan fingerprint density at radius 1 is 0.800 bits per heavy atom. The topological polar surface area (TPSA) is 115 Å². The molecule has 0 spiro atoms. The molecule has 0 radical (unpaired) electrons. The van der Waals surface area contributed by atoms with Gasteiger partial charge in [0.1, 0.15) is 0 Å². The van der Waals surface area contributed by atoms with Crippen LogP contribution in [0.4, 0.5) is 0 Å². The van der Waals surface area contributed by atoms with E-state index >= 15 is 0 Å². The van der Waals surface area contributed by atoms with E-state index in [9.17, 15) is 9.59 Å². The molecule has 15 heavy (non-hydrogen) atoms. The molecule has 0 aliphatic carbocycles. The predicted octanol–water partition coefficient (Wildman–Crippen LogP) is -0.393. The molecule has 0 aromatic carbocycles. The van der Waals surface area contributed by atoms with Crippen molar-refractivity contribution in [2.45, 2.75) is 19.3 Å². The van der Waals surface area contributed by atoms with Crippen molar-refractivity contribution in [1.29, 1.82) is 0 Å². The molecular weight excluding hydrogens is 204 g/mol. The lowest BCUT2D eigenvalue weighted by Crippen LogP contribution is -2.13. The van der Waals surface area contributed by atoms with Crippen LogP contribution in [0, 0.1) is 0 Å². The van der Waals surface area contributed by atoms with Gasteiger partial charge in [-0.3, -0.25) is 0 Å². The highest BCUT2D eigenvalue weighted by Gasteiger charge is 2.18. The molecule has 0 amide bonds. The lowest BCUT2D eigenvalue weighted by molar-refractivity contribution is -0.136. The fourth-order valence-electron chi connectivity index (χ4n) is 1.14. The number of rotatable bonds is 7. The molecule has 0 saturated carbocycles. The van der Waals surface area contributed by atoms with Crippen LogP contribution in [0.25, 0.3) is 0 Å². The highest BCUT2D eigenvalue weighted by atomic mass is 16.4. The molecule has 0 fully saturated rings. The average Bonchev–Trinajstić information content (AvgIpc) is 2.16. The molecule has 0 heterocycles. The van der Waals surface area contributed by atoms with E-state index in [0.717, 1.165) is 0 Å². The van der Waals surface area contributed by atoms with Gasteiger partial charge in [0.25, 0.3) is 0 Å². The second kappa shape index (κ2) is 6.97. The summed E-state index contributed by atoms with van der Waals surface area (Å²) in [6, 6.07) is 0. The quantitative estimate of drug-likeness (QED) is 0.432. The van der Waals surface area contributed by atoms with E-state index in [0.29, 0.717) is 0 Å². The minimum absolute atomic E-state index is 0.0204. The van der Waals surface area contributed by atoms with Crippen LogP contribution in [0.5, 0.6) is 0 Å². The first-order chi connectivity index (χ1) is 7.04. The minimum atomic E-state index is -1.35. The number of carboxylic acids is 2. The van der Waals surface area contributed by atoms with E-state index in [-0.39, 0.29) is 37.0 Å². The fourth-order valence-corrected chi connectivity index (χ4v) is 1.14. The maximum Gasteiger partial charge on any atom is 0.332 e. The van der Waals surface area contributed by atoms with Crippen LogP contribution in [0.1, 0.15) is 19.3 Å². The molecule has 6 nitrogen and oxygen atoms in total. The summed E-state index contributed by atoms with van der Waals surface area (Å²) in [5.41, 5.74) is -0.566. The molecule has 0 aromatic heterocycles. The number of aliphatic carboxylic acids is 2. The third-order valence-corrected chi connectivity index (χ3v) is 1.83. The molecule has 0 aliphatic heterocycles. The van der Waals surface area contributed by atoms with Crippen LogP contribution in [0.15, 0.2) is 11.1 Å². The highest BCUT2D eigenvalue weighted by Crippen LogP contribution is 2.15. The highest BCUT2D eigenvalue weighted by molar-refractivity contribution is 5.98. The summed E-state index contributed by atoms with van der Waals surface area (Å²) >= 11 is 0. The smallest absolute Gasteiger partial charge is 0.332 e. The Kier molecular flexibility index (Phi) is 6.32. The van der Waals surface area contributed by atoms with Crippen molar-refractivity contribution < 1.29 is 30.0 Å². The number of hydrogen-bond donors (Lipinski definition) is 4. The van der Waals surface area contributed by atoms with Gasteiger partial charge in [-0.15, -0.1) is 0 Å². The van der Waals surface area contributed by atoms with Gasteiger partial charge in [0, 0.05) is 30.8 Å². The van der Waals surface area contributed by atoms with Crippen LogP contribution in [0.3, 0.4) is 0 Å². The Labute approximate surface area is 86.5 Å². The second-order valence-corrected chi connectivity index (χ2v) is 2.87. The molecule has 0 unspecified atom stereocenters. The van der Waals surface area contributed by atoms with Gasteiger partial charge in [-0.25, -0.2) is 9.59 Å². The Morgan fingerprint density at radius 2 is 1.27 bits per heavy atom. The third-order valence-electron chi connectivity index (χ3n) is 1.83. The van der Waals surface area contributed by atoms with Crippen molar-refractivity contribution in [3.05, 3.63) is 11.1 Å². The Morgan fingerprint density at radius 3 is 1.60 bits per heavy atom. The van der Waals surface area contributed by atoms with E-state index in [1.54, 1.807) is 0 Å². The van der Waals surface area contributed by atoms with Gasteiger partial charge in [-0.05, 0) is 12.8 Å². The van der Waals surface area contributed by atoms with Gasteiger partial charge in [-0.1, -0.05) is 0 Å². The molecule has 0 bridgehead atoms. The van der Waals surface area contributed by atoms with E-state index in [1.165, 1.54) is 0 Å². The number of hydrogen-bond acceptors (Lipinski definition) is 4. The summed E-state index contributed by atoms with van der Waals surface area (Å²) in [7, 11) is 0. The van der Waals surface area contributed by atoms with Crippen molar-refractivity contribution in [2.24, 2.45) is 0 Å². The summed E-state index contributed by atoms with van der Waals surface area (Å²) in [5, 5.41) is 34.6. The second-order valence-electron chi connectivity index (χ2n) is 2.87. The van der Waals surface area contributed by atoms with Gasteiger partial charge in [0.05, 0.1) is 0 Å². The molecule has 0 rings (SSSR count). The van der Waals surface area contributed by atoms with E-state index in [1.807, 2.05) is 0 Å². The summed E-state index contributed by atoms with van der Waals surface area (Å²) < 4.78 is 0. The van der Waals surface area contributed by atoms with Crippen molar-refractivity contribution in [3.63, 3.8) is 0 Å². The van der Waals surface area contributed by atoms with Gasteiger partial charge in [-0.2, -0.15) is 0 Å². The number of aliphatic hydroxyl groups is 2. The van der Waals surface area contributed by atoms with Crippen molar-refractivity contribution >= 4 is 11.9 Å². The normalized spacial score (nSPS) is 12.1. The van der Waals surface area contributed by atoms with Crippen LogP contribution in [-0.4, -0.2) is 45.6 Å². The summed E-state index contributed by atoms with van der Waals surface area (Å²) in [4.78, 5) is 21.4. The molecule has 0 atom stereocenters. The molecule has 6 heteroatoms. The minimum Gasteiger partial charge on any atom is -0.478 e. The van der Waals surface area contributed by atoms with E-state index in [2.05, 4.69) is 0 Å². The molecule has 0 saturated heterocycles. The monoisotopic (exact) mass is 218 g/mol. The van der Waals surface area contributed by atoms with Crippen LogP contribution in [0.2, 0.25) is 0 Å². The molecule has 0 aromatic rings. The van der Waals surface area contributed by atoms with Crippen molar-refractivity contribution in [2.75, 3.05) is 13.2 Å². The lowest BCUT2D eigenvalue weighted by atomic mass is 10.0. The van der Waals surface area contributed by atoms with Crippen LogP contribution >= 0.6 is 0 Å². The summed E-state index contributed by atoms with van der Waals surface area (Å²) in [6.45, 7) is -0.625. The zero-order chi connectivity index (χ0) is 11.8. The zero-order valence-electron chi connectivity index (χ0n) is 8.14. The van der Waals surface area contributed by atoms with E-state index < -0.39 is 18.5 Å². The maximum absolute atomic E-state index is 10.7. The molecular formula is C9H14O6. The SMILES string of the molecule is O=C(O)/C(CCO)=C(/CCCO)C(=O)O. The lowest BCUT2D eigenvalue weighted by Gasteiger charge is -2.06. The first-order valence-electron chi connectivity index (χ1n) is 4.45. The van der Waals surface area contributed by atoms with Gasteiger partial charge >= 0.3 is 11.9 Å². The first kappa shape index (κ1) is 13.6. The average molecular weight is 218 g/mol. The Balaban J connectivity index is 4.96. The summed E-state index contributed by atoms with van der Waals surface area (Å²) in [6.07, 6.45) is -0.0420. The first-order valence-corrected chi connectivity index (χ1v) is 4.45. The van der Waals surface area contributed by atoms with Crippen LogP contribution < -0.4 is 0 Å². The van der Waals surface area contributed by atoms with Gasteiger partial charge < -0.3 is 20.4 Å². The molecule has 4 N–H and O–H groups in total. The van der Waals surface area contributed by atoms with Gasteiger partial charge in [0.2, 0.25) is 0 Å². The maximum atomic E-state index is 10.7. The largest absolute Gasteiger partial charge is 0.478 e. The standard InChI is InChI=1S/C9H14O6/c10-4-1-2-6(8(12)13)7(3-5-11)9(14)15/h10-11H,1-5H2,(H,12,13)(H,14,15)/b7-6-. The molecule has 86 valence electrons. The van der Waals surface area contributed by atoms with Crippen LogP contribution in [-0.2, 0) is 9.59 Å². The molecule has 0 aliphatic rings. The van der Waals surface area contributed by atoms with Crippen molar-refractivity contribution in [3.8, 4) is 0 Å². The Bertz CT molecular complexity index is 268. The number of carbonyl (C=O) groups is 2. The number of aliphatic hydroxyl groups excluding tert-OH is 2. The fraction of sp³-hybridized carbons (Fsp3) is 0.556. The van der Waals surface area contributed by atoms with Gasteiger partial charge in [0.15, 0.2) is 0 Å². The zero-order valence-corrected chi connectivity index (χ0v) is 8.14. The summed E-state index contributed by atoms with van der Waals surface area (Å²) in [5.74, 6) is -2.67.